The van der Waals surface area contributed by atoms with Crippen molar-refractivity contribution in [2.75, 3.05) is 0 Å². The van der Waals surface area contributed by atoms with Crippen LogP contribution in [-0.4, -0.2) is 20.9 Å². The zero-order valence-electron chi connectivity index (χ0n) is 9.22. The van der Waals surface area contributed by atoms with E-state index in [0.29, 0.717) is 11.6 Å². The maximum Gasteiger partial charge on any atom is 0.356 e. The van der Waals surface area contributed by atoms with Crippen molar-refractivity contribution in [1.82, 2.24) is 9.78 Å². The summed E-state index contributed by atoms with van der Waals surface area (Å²) in [7, 11) is 0. The molecule has 17 heavy (non-hydrogen) atoms. The summed E-state index contributed by atoms with van der Waals surface area (Å²) >= 11 is 5.91. The van der Waals surface area contributed by atoms with Gasteiger partial charge in [0.25, 0.3) is 0 Å². The van der Waals surface area contributed by atoms with Crippen LogP contribution in [-0.2, 0) is 6.54 Å². The van der Waals surface area contributed by atoms with Crippen LogP contribution in [0.1, 0.15) is 17.4 Å². The quantitative estimate of drug-likeness (QED) is 0.911. The second-order valence-corrected chi connectivity index (χ2v) is 3.98. The Kier molecular flexibility index (Phi) is 3.15. The molecule has 0 aliphatic rings. The molecule has 1 aromatic heterocycles. The molecular formula is C12H11ClN2O2. The molecule has 0 aliphatic heterocycles. The highest BCUT2D eigenvalue weighted by Crippen LogP contribution is 2.23. The predicted octanol–water partition coefficient (Wildman–Crippen LogP) is 2.92. The number of halogens is 1. The van der Waals surface area contributed by atoms with Gasteiger partial charge in [-0.15, -0.1) is 0 Å². The van der Waals surface area contributed by atoms with E-state index in [1.165, 1.54) is 0 Å². The highest BCUT2D eigenvalue weighted by Gasteiger charge is 2.13. The van der Waals surface area contributed by atoms with Crippen molar-refractivity contribution in [3.05, 3.63) is 41.0 Å². The average molecular weight is 251 g/mol. The monoisotopic (exact) mass is 250 g/mol. The van der Waals surface area contributed by atoms with Crippen LogP contribution < -0.4 is 0 Å². The van der Waals surface area contributed by atoms with Gasteiger partial charge in [0.05, 0.1) is 5.69 Å². The van der Waals surface area contributed by atoms with Gasteiger partial charge in [0.15, 0.2) is 5.69 Å². The first-order valence-electron chi connectivity index (χ1n) is 5.19. The van der Waals surface area contributed by atoms with Crippen LogP contribution in [0.5, 0.6) is 0 Å². The Balaban J connectivity index is 2.54. The molecule has 0 saturated carbocycles. The smallest absolute Gasteiger partial charge is 0.356 e. The van der Waals surface area contributed by atoms with Crippen molar-refractivity contribution in [2.45, 2.75) is 13.5 Å². The fraction of sp³-hybridized carbons (Fsp3) is 0.167. The number of rotatable bonds is 3. The highest BCUT2D eigenvalue weighted by molar-refractivity contribution is 6.30. The molecule has 0 spiro atoms. The van der Waals surface area contributed by atoms with Crippen LogP contribution in [0.4, 0.5) is 0 Å². The van der Waals surface area contributed by atoms with Gasteiger partial charge < -0.3 is 5.11 Å². The minimum Gasteiger partial charge on any atom is -0.476 e. The summed E-state index contributed by atoms with van der Waals surface area (Å²) in [5.41, 5.74) is 1.66. The number of aromatic nitrogens is 2. The molecule has 0 aliphatic carbocycles. The van der Waals surface area contributed by atoms with E-state index in [2.05, 4.69) is 5.10 Å². The molecule has 0 radical (unpaired) electrons. The Bertz CT molecular complexity index is 563. The molecule has 1 heterocycles. The number of aromatic carboxylic acids is 1. The molecule has 1 aromatic carbocycles. The summed E-state index contributed by atoms with van der Waals surface area (Å²) < 4.78 is 1.65. The maximum absolute atomic E-state index is 10.9. The van der Waals surface area contributed by atoms with E-state index in [-0.39, 0.29) is 5.69 Å². The Hall–Kier alpha value is -1.81. The van der Waals surface area contributed by atoms with E-state index in [9.17, 15) is 4.79 Å². The van der Waals surface area contributed by atoms with Gasteiger partial charge in [0, 0.05) is 17.1 Å². The fourth-order valence-corrected chi connectivity index (χ4v) is 1.83. The lowest BCUT2D eigenvalue weighted by molar-refractivity contribution is 0.0689. The first-order chi connectivity index (χ1) is 8.11. The minimum absolute atomic E-state index is 0.0434. The van der Waals surface area contributed by atoms with Crippen molar-refractivity contribution in [3.8, 4) is 11.3 Å². The lowest BCUT2D eigenvalue weighted by atomic mass is 10.1. The molecule has 0 atom stereocenters. The predicted molar refractivity (Wildman–Crippen MR) is 65.3 cm³/mol. The van der Waals surface area contributed by atoms with E-state index in [1.807, 2.05) is 19.1 Å². The van der Waals surface area contributed by atoms with Crippen LogP contribution in [0.15, 0.2) is 30.3 Å². The van der Waals surface area contributed by atoms with Crippen LogP contribution >= 0.6 is 11.6 Å². The third kappa shape index (κ3) is 2.31. The molecule has 2 aromatic rings. The highest BCUT2D eigenvalue weighted by atomic mass is 35.5. The Morgan fingerprint density at radius 2 is 2.24 bits per heavy atom. The van der Waals surface area contributed by atoms with Gasteiger partial charge in [-0.1, -0.05) is 23.7 Å². The lowest BCUT2D eigenvalue weighted by Crippen LogP contribution is -2.02. The molecule has 0 amide bonds. The number of benzene rings is 1. The number of carbonyl (C=O) groups is 1. The molecule has 0 unspecified atom stereocenters. The molecular weight excluding hydrogens is 240 g/mol. The van der Waals surface area contributed by atoms with Gasteiger partial charge in [-0.25, -0.2) is 4.79 Å². The number of carboxylic acid groups (broad SMARTS) is 1. The SMILES string of the molecule is CCn1nc(C(=O)O)cc1-c1cccc(Cl)c1. The van der Waals surface area contributed by atoms with Gasteiger partial charge in [0.2, 0.25) is 0 Å². The van der Waals surface area contributed by atoms with Crippen LogP contribution in [0.3, 0.4) is 0 Å². The van der Waals surface area contributed by atoms with Gasteiger partial charge in [0.1, 0.15) is 0 Å². The zero-order valence-corrected chi connectivity index (χ0v) is 9.98. The number of hydrogen-bond acceptors (Lipinski definition) is 2. The van der Waals surface area contributed by atoms with Gasteiger partial charge in [-0.05, 0) is 25.1 Å². The summed E-state index contributed by atoms with van der Waals surface area (Å²) in [5, 5.41) is 13.5. The molecule has 5 heteroatoms. The number of nitrogens with zero attached hydrogens (tertiary/aromatic N) is 2. The van der Waals surface area contributed by atoms with E-state index in [1.54, 1.807) is 22.9 Å². The summed E-state index contributed by atoms with van der Waals surface area (Å²) in [6.45, 7) is 2.52. The molecule has 4 nitrogen and oxygen atoms in total. The number of aryl methyl sites for hydroxylation is 1. The third-order valence-electron chi connectivity index (χ3n) is 2.42. The van der Waals surface area contributed by atoms with Crippen molar-refractivity contribution >= 4 is 17.6 Å². The standard InChI is InChI=1S/C12H11ClN2O2/c1-2-15-11(7-10(14-15)12(16)17)8-4-3-5-9(13)6-8/h3-7H,2H2,1H3,(H,16,17). The molecule has 1 N–H and O–H groups in total. The number of carboxylic acids is 1. The molecule has 2 rings (SSSR count). The molecule has 88 valence electrons. The minimum atomic E-state index is -1.03. The first kappa shape index (κ1) is 11.7. The van der Waals surface area contributed by atoms with Crippen molar-refractivity contribution in [1.29, 1.82) is 0 Å². The summed E-state index contributed by atoms with van der Waals surface area (Å²) in [6.07, 6.45) is 0. The first-order valence-corrected chi connectivity index (χ1v) is 5.56. The summed E-state index contributed by atoms with van der Waals surface area (Å²) in [6, 6.07) is 8.81. The second kappa shape index (κ2) is 4.59. The topological polar surface area (TPSA) is 55.1 Å². The van der Waals surface area contributed by atoms with Crippen molar-refractivity contribution in [2.24, 2.45) is 0 Å². The van der Waals surface area contributed by atoms with Crippen molar-refractivity contribution < 1.29 is 9.90 Å². The van der Waals surface area contributed by atoms with Crippen LogP contribution in [0.25, 0.3) is 11.3 Å². The van der Waals surface area contributed by atoms with E-state index < -0.39 is 5.97 Å². The van der Waals surface area contributed by atoms with E-state index in [4.69, 9.17) is 16.7 Å². The Morgan fingerprint density at radius 1 is 1.47 bits per heavy atom. The molecule has 0 bridgehead atoms. The third-order valence-corrected chi connectivity index (χ3v) is 2.65. The van der Waals surface area contributed by atoms with Crippen LogP contribution in [0, 0.1) is 0 Å². The molecule has 0 saturated heterocycles. The lowest BCUT2D eigenvalue weighted by Gasteiger charge is -2.04. The fourth-order valence-electron chi connectivity index (χ4n) is 1.64. The molecule has 0 fully saturated rings. The van der Waals surface area contributed by atoms with Gasteiger partial charge in [-0.3, -0.25) is 4.68 Å². The summed E-state index contributed by atoms with van der Waals surface area (Å²) in [5.74, 6) is -1.03. The Morgan fingerprint density at radius 3 is 2.82 bits per heavy atom. The summed E-state index contributed by atoms with van der Waals surface area (Å²) in [4.78, 5) is 10.9. The van der Waals surface area contributed by atoms with Gasteiger partial charge in [-0.2, -0.15) is 5.10 Å². The van der Waals surface area contributed by atoms with Crippen molar-refractivity contribution in [3.63, 3.8) is 0 Å². The van der Waals surface area contributed by atoms with Crippen LogP contribution in [0.2, 0.25) is 5.02 Å². The van der Waals surface area contributed by atoms with E-state index >= 15 is 0 Å². The Labute approximate surface area is 103 Å². The zero-order chi connectivity index (χ0) is 12.4. The normalized spacial score (nSPS) is 10.5. The van der Waals surface area contributed by atoms with E-state index in [0.717, 1.165) is 11.3 Å². The second-order valence-electron chi connectivity index (χ2n) is 3.55. The average Bonchev–Trinajstić information content (AvgIpc) is 2.73. The maximum atomic E-state index is 10.9. The van der Waals surface area contributed by atoms with Gasteiger partial charge >= 0.3 is 5.97 Å². The number of hydrogen-bond donors (Lipinski definition) is 1. The largest absolute Gasteiger partial charge is 0.476 e.